The summed E-state index contributed by atoms with van der Waals surface area (Å²) < 4.78 is 1.13. The van der Waals surface area contributed by atoms with Crippen LogP contribution in [0.25, 0.3) is 10.8 Å². The molecule has 0 atom stereocenters. The first-order valence-electron chi connectivity index (χ1n) is 5.38. The lowest BCUT2D eigenvalue weighted by Gasteiger charge is -2.40. The van der Waals surface area contributed by atoms with Gasteiger partial charge in [0.05, 0.1) is 5.54 Å². The van der Waals surface area contributed by atoms with E-state index in [0.717, 1.165) is 17.6 Å². The predicted octanol–water partition coefficient (Wildman–Crippen LogP) is 2.78. The molecule has 3 N–H and O–H groups in total. The molecule has 17 heavy (non-hydrogen) atoms. The van der Waals surface area contributed by atoms with Gasteiger partial charge >= 0.3 is 0 Å². The zero-order chi connectivity index (χ0) is 11.2. The Morgan fingerprint density at radius 3 is 2.35 bits per heavy atom. The molecule has 3 rings (SSSR count). The van der Waals surface area contributed by atoms with Crippen LogP contribution in [0.2, 0.25) is 0 Å². The van der Waals surface area contributed by atoms with E-state index in [0.29, 0.717) is 0 Å². The molecule has 1 heterocycles. The molecular formula is C13H14BrClN2. The zero-order valence-corrected chi connectivity index (χ0v) is 11.6. The molecule has 2 nitrogen and oxygen atoms in total. The largest absolute Gasteiger partial charge is 0.319 e. The van der Waals surface area contributed by atoms with Gasteiger partial charge in [0.15, 0.2) is 0 Å². The van der Waals surface area contributed by atoms with Crippen molar-refractivity contribution in [1.29, 1.82) is 0 Å². The molecular weight excluding hydrogens is 300 g/mol. The van der Waals surface area contributed by atoms with Gasteiger partial charge in [-0.25, -0.2) is 0 Å². The molecule has 0 saturated carbocycles. The van der Waals surface area contributed by atoms with Gasteiger partial charge in [0, 0.05) is 17.6 Å². The summed E-state index contributed by atoms with van der Waals surface area (Å²) in [7, 11) is 0. The highest BCUT2D eigenvalue weighted by atomic mass is 79.9. The SMILES string of the molecule is Cl.NC1(c2cccc3c(Br)cccc23)CNC1. The van der Waals surface area contributed by atoms with Crippen molar-refractivity contribution in [3.8, 4) is 0 Å². The fraction of sp³-hybridized carbons (Fsp3) is 0.231. The Kier molecular flexibility index (Phi) is 3.46. The van der Waals surface area contributed by atoms with E-state index in [9.17, 15) is 0 Å². The maximum absolute atomic E-state index is 6.36. The fourth-order valence-corrected chi connectivity index (χ4v) is 2.79. The average molecular weight is 314 g/mol. The van der Waals surface area contributed by atoms with Crippen LogP contribution in [-0.2, 0) is 5.54 Å². The topological polar surface area (TPSA) is 38.0 Å². The normalized spacial score (nSPS) is 17.3. The van der Waals surface area contributed by atoms with Gasteiger partial charge < -0.3 is 11.1 Å². The molecule has 0 aliphatic carbocycles. The van der Waals surface area contributed by atoms with Crippen molar-refractivity contribution in [2.45, 2.75) is 5.54 Å². The second kappa shape index (κ2) is 4.58. The van der Waals surface area contributed by atoms with Crippen LogP contribution in [-0.4, -0.2) is 13.1 Å². The average Bonchev–Trinajstić information content (AvgIpc) is 2.26. The summed E-state index contributed by atoms with van der Waals surface area (Å²) in [5.74, 6) is 0. The number of rotatable bonds is 1. The summed E-state index contributed by atoms with van der Waals surface area (Å²) in [5.41, 5.74) is 7.41. The van der Waals surface area contributed by atoms with Crippen LogP contribution < -0.4 is 11.1 Å². The summed E-state index contributed by atoms with van der Waals surface area (Å²) in [5, 5.41) is 5.73. The lowest BCUT2D eigenvalue weighted by atomic mass is 9.82. The maximum atomic E-state index is 6.36. The van der Waals surface area contributed by atoms with Crippen LogP contribution in [0.3, 0.4) is 0 Å². The van der Waals surface area contributed by atoms with E-state index in [4.69, 9.17) is 5.73 Å². The molecule has 2 aromatic carbocycles. The van der Waals surface area contributed by atoms with E-state index in [1.807, 2.05) is 0 Å². The molecule has 0 spiro atoms. The number of nitrogens with one attached hydrogen (secondary N) is 1. The third-order valence-electron chi connectivity index (χ3n) is 3.29. The molecule has 4 heteroatoms. The Bertz CT molecular complexity index is 552. The highest BCUT2D eigenvalue weighted by molar-refractivity contribution is 9.10. The molecule has 1 saturated heterocycles. The van der Waals surface area contributed by atoms with E-state index in [-0.39, 0.29) is 17.9 Å². The van der Waals surface area contributed by atoms with Crippen LogP contribution in [0.1, 0.15) is 5.56 Å². The second-order valence-corrected chi connectivity index (χ2v) is 5.25. The predicted molar refractivity (Wildman–Crippen MR) is 77.6 cm³/mol. The minimum absolute atomic E-state index is 0. The van der Waals surface area contributed by atoms with Crippen LogP contribution in [0, 0.1) is 0 Å². The first kappa shape index (κ1) is 12.8. The molecule has 0 bridgehead atoms. The Hall–Kier alpha value is -0.610. The van der Waals surface area contributed by atoms with Crippen molar-refractivity contribution in [3.05, 3.63) is 46.4 Å². The Morgan fingerprint density at radius 2 is 1.71 bits per heavy atom. The number of nitrogens with two attached hydrogens (primary N) is 1. The molecule has 1 aliphatic heterocycles. The van der Waals surface area contributed by atoms with Crippen molar-refractivity contribution in [2.24, 2.45) is 5.73 Å². The van der Waals surface area contributed by atoms with Gasteiger partial charge in [0.25, 0.3) is 0 Å². The van der Waals surface area contributed by atoms with E-state index in [2.05, 4.69) is 57.6 Å². The van der Waals surface area contributed by atoms with Crippen molar-refractivity contribution in [2.75, 3.05) is 13.1 Å². The van der Waals surface area contributed by atoms with Crippen molar-refractivity contribution < 1.29 is 0 Å². The summed E-state index contributed by atoms with van der Waals surface area (Å²) in [6.07, 6.45) is 0. The van der Waals surface area contributed by atoms with Crippen LogP contribution >= 0.6 is 28.3 Å². The molecule has 2 aromatic rings. The number of hydrogen-bond donors (Lipinski definition) is 2. The lowest BCUT2D eigenvalue weighted by molar-refractivity contribution is 0.289. The molecule has 0 radical (unpaired) electrons. The minimum atomic E-state index is -0.194. The van der Waals surface area contributed by atoms with Gasteiger partial charge in [-0.05, 0) is 22.4 Å². The lowest BCUT2D eigenvalue weighted by Crippen LogP contribution is -2.62. The van der Waals surface area contributed by atoms with Crippen LogP contribution in [0.15, 0.2) is 40.9 Å². The Morgan fingerprint density at radius 1 is 1.06 bits per heavy atom. The van der Waals surface area contributed by atoms with E-state index >= 15 is 0 Å². The molecule has 0 amide bonds. The highest BCUT2D eigenvalue weighted by Gasteiger charge is 2.35. The van der Waals surface area contributed by atoms with Gasteiger partial charge in [-0.2, -0.15) is 0 Å². The summed E-state index contributed by atoms with van der Waals surface area (Å²) in [4.78, 5) is 0. The Balaban J connectivity index is 0.00000108. The van der Waals surface area contributed by atoms with E-state index in [1.165, 1.54) is 16.3 Å². The highest BCUT2D eigenvalue weighted by Crippen LogP contribution is 2.32. The van der Waals surface area contributed by atoms with Gasteiger partial charge in [0.1, 0.15) is 0 Å². The number of halogens is 2. The third-order valence-corrected chi connectivity index (χ3v) is 3.98. The minimum Gasteiger partial charge on any atom is -0.319 e. The van der Waals surface area contributed by atoms with Gasteiger partial charge in [-0.1, -0.05) is 46.3 Å². The summed E-state index contributed by atoms with van der Waals surface area (Å²) >= 11 is 3.58. The number of hydrogen-bond acceptors (Lipinski definition) is 2. The number of benzene rings is 2. The molecule has 1 fully saturated rings. The van der Waals surface area contributed by atoms with Gasteiger partial charge in [-0.3, -0.25) is 0 Å². The monoisotopic (exact) mass is 312 g/mol. The molecule has 0 aromatic heterocycles. The molecule has 90 valence electrons. The van der Waals surface area contributed by atoms with Gasteiger partial charge in [0.2, 0.25) is 0 Å². The van der Waals surface area contributed by atoms with Gasteiger partial charge in [-0.15, -0.1) is 12.4 Å². The summed E-state index contributed by atoms with van der Waals surface area (Å²) in [6.45, 7) is 1.72. The van der Waals surface area contributed by atoms with Crippen LogP contribution in [0.4, 0.5) is 0 Å². The maximum Gasteiger partial charge on any atom is 0.0668 e. The zero-order valence-electron chi connectivity index (χ0n) is 9.24. The quantitative estimate of drug-likeness (QED) is 0.849. The third kappa shape index (κ3) is 1.97. The first-order valence-corrected chi connectivity index (χ1v) is 6.17. The fourth-order valence-electron chi connectivity index (χ4n) is 2.29. The van der Waals surface area contributed by atoms with Crippen molar-refractivity contribution >= 4 is 39.1 Å². The first-order chi connectivity index (χ1) is 7.71. The molecule has 0 unspecified atom stereocenters. The van der Waals surface area contributed by atoms with Crippen molar-refractivity contribution in [3.63, 3.8) is 0 Å². The smallest absolute Gasteiger partial charge is 0.0668 e. The van der Waals surface area contributed by atoms with Crippen LogP contribution in [0.5, 0.6) is 0 Å². The standard InChI is InChI=1S/C13H13BrN2.ClH/c14-12-6-2-3-9-10(12)4-1-5-11(9)13(15)7-16-8-13;/h1-6,16H,7-8,15H2;1H. The summed E-state index contributed by atoms with van der Waals surface area (Å²) in [6, 6.07) is 12.6. The Labute approximate surface area is 115 Å². The van der Waals surface area contributed by atoms with E-state index < -0.39 is 0 Å². The van der Waals surface area contributed by atoms with Crippen molar-refractivity contribution in [1.82, 2.24) is 5.32 Å². The number of fused-ring (bicyclic) bond motifs is 1. The second-order valence-electron chi connectivity index (χ2n) is 4.40. The molecule has 1 aliphatic rings. The van der Waals surface area contributed by atoms with E-state index in [1.54, 1.807) is 0 Å².